The van der Waals surface area contributed by atoms with Crippen molar-refractivity contribution in [2.75, 3.05) is 7.11 Å². The van der Waals surface area contributed by atoms with Crippen molar-refractivity contribution >= 4 is 40.6 Å². The van der Waals surface area contributed by atoms with Gasteiger partial charge in [-0.3, -0.25) is 14.5 Å². The van der Waals surface area contributed by atoms with Crippen LogP contribution in [-0.2, 0) is 17.9 Å². The highest BCUT2D eigenvalue weighted by Crippen LogP contribution is 2.38. The van der Waals surface area contributed by atoms with Gasteiger partial charge in [0.15, 0.2) is 11.5 Å². The highest BCUT2D eigenvalue weighted by Gasteiger charge is 2.35. The van der Waals surface area contributed by atoms with Gasteiger partial charge < -0.3 is 9.47 Å². The van der Waals surface area contributed by atoms with Crippen LogP contribution in [0.5, 0.6) is 11.5 Å². The number of thioether (sulfide) groups is 1. The Morgan fingerprint density at radius 3 is 2.50 bits per heavy atom. The molecule has 1 aliphatic heterocycles. The molecule has 0 atom stereocenters. The summed E-state index contributed by atoms with van der Waals surface area (Å²) in [6.07, 6.45) is 1.58. The maximum Gasteiger partial charge on any atom is 0.293 e. The zero-order chi connectivity index (χ0) is 24.2. The topological polar surface area (TPSA) is 55.8 Å². The van der Waals surface area contributed by atoms with Gasteiger partial charge in [0, 0.05) is 11.1 Å². The maximum atomic E-state index is 14.2. The van der Waals surface area contributed by atoms with E-state index in [0.29, 0.717) is 17.1 Å². The van der Waals surface area contributed by atoms with E-state index in [2.05, 4.69) is 0 Å². The molecule has 3 aromatic carbocycles. The highest BCUT2D eigenvalue weighted by molar-refractivity contribution is 8.18. The van der Waals surface area contributed by atoms with Gasteiger partial charge in [-0.15, -0.1) is 0 Å². The smallest absolute Gasteiger partial charge is 0.293 e. The van der Waals surface area contributed by atoms with Crippen LogP contribution in [0.1, 0.15) is 22.3 Å². The first-order valence-electron chi connectivity index (χ1n) is 10.4. The minimum Gasteiger partial charge on any atom is -0.493 e. The number of carbonyl (C=O) groups excluding carboxylic acids is 2. The summed E-state index contributed by atoms with van der Waals surface area (Å²) in [6, 6.07) is 17.2. The molecule has 5 nitrogen and oxygen atoms in total. The largest absolute Gasteiger partial charge is 0.493 e. The number of carbonyl (C=O) groups is 2. The zero-order valence-corrected chi connectivity index (χ0v) is 20.1. The van der Waals surface area contributed by atoms with Crippen LogP contribution in [0.3, 0.4) is 0 Å². The van der Waals surface area contributed by atoms with Crippen LogP contribution in [0, 0.1) is 12.7 Å². The third-order valence-electron chi connectivity index (χ3n) is 5.27. The number of rotatable bonds is 7. The van der Waals surface area contributed by atoms with Gasteiger partial charge in [0.25, 0.3) is 11.1 Å². The second kappa shape index (κ2) is 10.3. The number of para-hydroxylation sites is 1. The normalized spacial score (nSPS) is 14.7. The van der Waals surface area contributed by atoms with E-state index in [0.717, 1.165) is 22.9 Å². The van der Waals surface area contributed by atoms with E-state index >= 15 is 0 Å². The first-order valence-corrected chi connectivity index (χ1v) is 11.6. The summed E-state index contributed by atoms with van der Waals surface area (Å²) in [7, 11) is 1.48. The van der Waals surface area contributed by atoms with E-state index in [1.165, 1.54) is 24.1 Å². The van der Waals surface area contributed by atoms with Crippen molar-refractivity contribution in [1.82, 2.24) is 4.90 Å². The molecule has 34 heavy (non-hydrogen) atoms. The second-order valence-electron chi connectivity index (χ2n) is 7.62. The van der Waals surface area contributed by atoms with E-state index < -0.39 is 5.82 Å². The molecule has 0 aliphatic carbocycles. The molecule has 8 heteroatoms. The van der Waals surface area contributed by atoms with Crippen molar-refractivity contribution in [2.24, 2.45) is 0 Å². The van der Waals surface area contributed by atoms with Crippen LogP contribution in [0.25, 0.3) is 6.08 Å². The van der Waals surface area contributed by atoms with Gasteiger partial charge in [-0.05, 0) is 48.5 Å². The Labute approximate surface area is 206 Å². The molecule has 0 N–H and O–H groups in total. The molecule has 0 bridgehead atoms. The summed E-state index contributed by atoms with van der Waals surface area (Å²) >= 11 is 6.98. The number of halogens is 2. The lowest BCUT2D eigenvalue weighted by Gasteiger charge is -2.15. The van der Waals surface area contributed by atoms with E-state index in [9.17, 15) is 14.0 Å². The number of nitrogens with zero attached hydrogens (tertiary/aromatic N) is 1. The number of ether oxygens (including phenoxy) is 2. The Bertz CT molecular complexity index is 1260. The van der Waals surface area contributed by atoms with Gasteiger partial charge in [0.05, 0.1) is 23.6 Å². The number of benzene rings is 3. The fraction of sp³-hybridized carbons (Fsp3) is 0.154. The van der Waals surface area contributed by atoms with Crippen molar-refractivity contribution < 1.29 is 23.5 Å². The molecule has 2 amide bonds. The van der Waals surface area contributed by atoms with Crippen LogP contribution >= 0.6 is 23.4 Å². The maximum absolute atomic E-state index is 14.2. The van der Waals surface area contributed by atoms with Crippen LogP contribution in [0.4, 0.5) is 9.18 Å². The van der Waals surface area contributed by atoms with Crippen molar-refractivity contribution in [2.45, 2.75) is 20.1 Å². The summed E-state index contributed by atoms with van der Waals surface area (Å²) in [6.45, 7) is 2.03. The fourth-order valence-electron chi connectivity index (χ4n) is 3.43. The predicted octanol–water partition coefficient (Wildman–Crippen LogP) is 6.61. The standard InChI is InChI=1S/C26H21ClFNO4S/c1-16-9-11-17(12-10-16)14-29-25(30)23(34-26(29)31)13-18-5-3-8-22(32-2)24(18)33-15-19-20(27)6-4-7-21(19)28/h3-13H,14-15H2,1-2H3/b23-13-. The fourth-order valence-corrected chi connectivity index (χ4v) is 4.48. The van der Waals surface area contributed by atoms with Crippen molar-refractivity contribution in [3.8, 4) is 11.5 Å². The minimum atomic E-state index is -0.485. The molecule has 1 heterocycles. The molecule has 0 unspecified atom stereocenters. The predicted molar refractivity (Wildman–Crippen MR) is 131 cm³/mol. The summed E-state index contributed by atoms with van der Waals surface area (Å²) in [4.78, 5) is 27.0. The molecular weight excluding hydrogens is 477 g/mol. The Morgan fingerprint density at radius 2 is 1.79 bits per heavy atom. The van der Waals surface area contributed by atoms with E-state index in [1.807, 2.05) is 31.2 Å². The van der Waals surface area contributed by atoms with Gasteiger partial charge in [-0.1, -0.05) is 59.6 Å². The second-order valence-corrected chi connectivity index (χ2v) is 9.02. The average molecular weight is 498 g/mol. The number of imide groups is 1. The van der Waals surface area contributed by atoms with Crippen molar-refractivity contribution in [1.29, 1.82) is 0 Å². The van der Waals surface area contributed by atoms with Gasteiger partial charge in [0.1, 0.15) is 12.4 Å². The molecule has 1 saturated heterocycles. The third kappa shape index (κ3) is 5.11. The zero-order valence-electron chi connectivity index (χ0n) is 18.5. The molecule has 0 spiro atoms. The first kappa shape index (κ1) is 23.9. The molecule has 0 saturated carbocycles. The van der Waals surface area contributed by atoms with Gasteiger partial charge in [-0.25, -0.2) is 4.39 Å². The molecule has 3 aromatic rings. The summed E-state index contributed by atoms with van der Waals surface area (Å²) in [5.74, 6) is -0.155. The first-order chi connectivity index (χ1) is 16.4. The van der Waals surface area contributed by atoms with E-state index in [1.54, 1.807) is 30.3 Å². The van der Waals surface area contributed by atoms with Crippen molar-refractivity contribution in [3.05, 3.63) is 98.7 Å². The molecule has 0 radical (unpaired) electrons. The third-order valence-corrected chi connectivity index (χ3v) is 6.53. The van der Waals surface area contributed by atoms with Crippen LogP contribution < -0.4 is 9.47 Å². The van der Waals surface area contributed by atoms with Gasteiger partial charge >= 0.3 is 0 Å². The number of hydrogen-bond acceptors (Lipinski definition) is 5. The lowest BCUT2D eigenvalue weighted by molar-refractivity contribution is -0.123. The molecule has 174 valence electrons. The van der Waals surface area contributed by atoms with E-state index in [-0.39, 0.29) is 39.8 Å². The van der Waals surface area contributed by atoms with Crippen LogP contribution in [-0.4, -0.2) is 23.2 Å². The minimum absolute atomic E-state index is 0.137. The number of aryl methyl sites for hydroxylation is 1. The van der Waals surface area contributed by atoms with Crippen LogP contribution in [0.15, 0.2) is 65.6 Å². The Kier molecular flexibility index (Phi) is 7.24. The summed E-state index contributed by atoms with van der Waals surface area (Å²) < 4.78 is 25.5. The van der Waals surface area contributed by atoms with Gasteiger partial charge in [0.2, 0.25) is 0 Å². The SMILES string of the molecule is COc1cccc(/C=C2\SC(=O)N(Cc3ccc(C)cc3)C2=O)c1OCc1c(F)cccc1Cl. The van der Waals surface area contributed by atoms with Crippen molar-refractivity contribution in [3.63, 3.8) is 0 Å². The summed E-state index contributed by atoms with van der Waals surface area (Å²) in [5.41, 5.74) is 2.69. The van der Waals surface area contributed by atoms with E-state index in [4.69, 9.17) is 21.1 Å². The Morgan fingerprint density at radius 1 is 1.06 bits per heavy atom. The highest BCUT2D eigenvalue weighted by atomic mass is 35.5. The molecule has 1 fully saturated rings. The average Bonchev–Trinajstić information content (AvgIpc) is 3.08. The summed E-state index contributed by atoms with van der Waals surface area (Å²) in [5, 5.41) is -0.103. The number of methoxy groups -OCH3 is 1. The van der Waals surface area contributed by atoms with Crippen LogP contribution in [0.2, 0.25) is 5.02 Å². The molecule has 1 aliphatic rings. The lowest BCUT2D eigenvalue weighted by Crippen LogP contribution is -2.27. The molecular formula is C26H21ClFNO4S. The Balaban J connectivity index is 1.60. The number of amides is 2. The molecule has 0 aromatic heterocycles. The number of hydrogen-bond donors (Lipinski definition) is 0. The lowest BCUT2D eigenvalue weighted by atomic mass is 10.1. The molecule has 4 rings (SSSR count). The monoisotopic (exact) mass is 497 g/mol. The Hall–Kier alpha value is -3.29. The van der Waals surface area contributed by atoms with Gasteiger partial charge in [-0.2, -0.15) is 0 Å². The quantitative estimate of drug-likeness (QED) is 0.344.